The van der Waals surface area contributed by atoms with E-state index in [0.29, 0.717) is 21.6 Å². The number of sulfone groups is 1. The van der Waals surface area contributed by atoms with Crippen molar-refractivity contribution in [3.63, 3.8) is 0 Å². The molecule has 0 bridgehead atoms. The van der Waals surface area contributed by atoms with Gasteiger partial charge in [0.25, 0.3) is 0 Å². The van der Waals surface area contributed by atoms with E-state index in [4.69, 9.17) is 21.3 Å². The van der Waals surface area contributed by atoms with Crippen molar-refractivity contribution < 1.29 is 17.9 Å². The van der Waals surface area contributed by atoms with Crippen molar-refractivity contribution in [2.75, 3.05) is 50.0 Å². The van der Waals surface area contributed by atoms with Gasteiger partial charge < -0.3 is 4.74 Å². The van der Waals surface area contributed by atoms with Crippen LogP contribution in [0.5, 0.6) is 0 Å². The van der Waals surface area contributed by atoms with Gasteiger partial charge in [-0.1, -0.05) is 40.6 Å². The highest BCUT2D eigenvalue weighted by Gasteiger charge is 2.22. The quantitative estimate of drug-likeness (QED) is 0.321. The second-order valence-electron chi connectivity index (χ2n) is 9.15. The van der Waals surface area contributed by atoms with Gasteiger partial charge in [-0.3, -0.25) is 14.6 Å². The molecule has 3 aromatic rings. The molecule has 0 aliphatic carbocycles. The Hall–Kier alpha value is -1.75. The maximum atomic E-state index is 13.4. The van der Waals surface area contributed by atoms with Gasteiger partial charge in [0.1, 0.15) is 0 Å². The van der Waals surface area contributed by atoms with Crippen molar-refractivity contribution in [2.24, 2.45) is 0 Å². The van der Waals surface area contributed by atoms with Crippen LogP contribution in [-0.4, -0.2) is 69.4 Å². The van der Waals surface area contributed by atoms with Crippen LogP contribution < -0.4 is 4.90 Å². The first-order valence-electron chi connectivity index (χ1n) is 12.2. The molecule has 2 aromatic carbocycles. The maximum Gasteiger partial charge on any atom is 0.228 e. The molecule has 0 N–H and O–H groups in total. The molecule has 7 nitrogen and oxygen atoms in total. The normalized spacial score (nSPS) is 14.5. The van der Waals surface area contributed by atoms with Crippen LogP contribution in [0.2, 0.25) is 5.02 Å². The third kappa shape index (κ3) is 7.88. The van der Waals surface area contributed by atoms with E-state index < -0.39 is 9.84 Å². The van der Waals surface area contributed by atoms with E-state index in [0.717, 1.165) is 60.6 Å². The summed E-state index contributed by atoms with van der Waals surface area (Å²) in [4.78, 5) is 22.5. The Bertz CT molecular complexity index is 1310. The van der Waals surface area contributed by atoms with Crippen molar-refractivity contribution >= 4 is 66.4 Å². The molecular weight excluding hydrogens is 553 g/mol. The van der Waals surface area contributed by atoms with E-state index in [2.05, 4.69) is 4.90 Å². The van der Waals surface area contributed by atoms with E-state index in [-0.39, 0.29) is 36.9 Å². The van der Waals surface area contributed by atoms with Crippen LogP contribution >= 0.6 is 35.3 Å². The third-order valence-corrected chi connectivity index (χ3v) is 9.37. The minimum Gasteiger partial charge on any atom is -0.379 e. The second kappa shape index (κ2) is 13.4. The van der Waals surface area contributed by atoms with Crippen LogP contribution in [0.25, 0.3) is 10.2 Å². The van der Waals surface area contributed by atoms with Gasteiger partial charge >= 0.3 is 0 Å². The number of hydrogen-bond acceptors (Lipinski definition) is 7. The zero-order valence-electron chi connectivity index (χ0n) is 21.1. The molecule has 0 spiro atoms. The summed E-state index contributed by atoms with van der Waals surface area (Å²) in [7, 11) is -3.44. The molecule has 11 heteroatoms. The minimum absolute atomic E-state index is 0. The first-order chi connectivity index (χ1) is 17.2. The summed E-state index contributed by atoms with van der Waals surface area (Å²) in [6.45, 7) is 8.51. The topological polar surface area (TPSA) is 79.8 Å². The number of morpholine rings is 1. The van der Waals surface area contributed by atoms with Gasteiger partial charge in [-0.2, -0.15) is 0 Å². The molecule has 37 heavy (non-hydrogen) atoms. The fourth-order valence-electron chi connectivity index (χ4n) is 4.27. The number of ether oxygens (including phenoxy) is 1. The average molecular weight is 587 g/mol. The van der Waals surface area contributed by atoms with E-state index in [1.54, 1.807) is 29.2 Å². The number of aryl methyl sites for hydroxylation is 2. The number of hydrogen-bond donors (Lipinski definition) is 0. The van der Waals surface area contributed by atoms with Gasteiger partial charge in [-0.15, -0.1) is 12.4 Å². The Balaban J connectivity index is 0.00000380. The molecule has 1 fully saturated rings. The molecule has 0 unspecified atom stereocenters. The Morgan fingerprint density at radius 2 is 1.84 bits per heavy atom. The van der Waals surface area contributed by atoms with Crippen LogP contribution in [0.3, 0.4) is 0 Å². The van der Waals surface area contributed by atoms with Crippen molar-refractivity contribution in [1.82, 2.24) is 9.88 Å². The number of anilines is 1. The largest absolute Gasteiger partial charge is 0.379 e. The summed E-state index contributed by atoms with van der Waals surface area (Å²) in [6, 6.07) is 10.6. The van der Waals surface area contributed by atoms with Gasteiger partial charge in [0.15, 0.2) is 15.0 Å². The van der Waals surface area contributed by atoms with Gasteiger partial charge in [0.2, 0.25) is 5.91 Å². The highest BCUT2D eigenvalue weighted by atomic mass is 35.5. The molecule has 1 amide bonds. The van der Waals surface area contributed by atoms with Gasteiger partial charge in [0.05, 0.1) is 34.1 Å². The Labute approximate surface area is 234 Å². The fourth-order valence-corrected chi connectivity index (χ4v) is 7.05. The standard InChI is InChI=1S/C26H32ClN3O4S2.ClH/c1-19-6-8-22(9-7-19)36(32,33)16-3-5-24(31)30(11-4-10-29-12-14-34-15-13-29)26-28-25-20(2)17-21(27)18-23(25)35-26;/h6-9,17-18H,3-5,10-16H2,1-2H3;1H. The smallest absolute Gasteiger partial charge is 0.228 e. The lowest BCUT2D eigenvalue weighted by Gasteiger charge is -2.27. The molecule has 1 aliphatic rings. The molecule has 0 radical (unpaired) electrons. The van der Waals surface area contributed by atoms with Crippen LogP contribution in [0, 0.1) is 13.8 Å². The molecule has 0 atom stereocenters. The summed E-state index contributed by atoms with van der Waals surface area (Å²) >= 11 is 7.68. The molecule has 0 saturated carbocycles. The first kappa shape index (κ1) is 29.8. The molecule has 202 valence electrons. The summed E-state index contributed by atoms with van der Waals surface area (Å²) < 4.78 is 31.8. The summed E-state index contributed by atoms with van der Waals surface area (Å²) in [5, 5.41) is 1.27. The molecule has 2 heterocycles. The number of nitrogens with zero attached hydrogens (tertiary/aromatic N) is 3. The highest BCUT2D eigenvalue weighted by Crippen LogP contribution is 2.33. The maximum absolute atomic E-state index is 13.4. The predicted octanol–water partition coefficient (Wildman–Crippen LogP) is 5.30. The number of thiazole rings is 1. The Kier molecular flexibility index (Phi) is 10.8. The van der Waals surface area contributed by atoms with Crippen molar-refractivity contribution in [3.05, 3.63) is 52.5 Å². The third-order valence-electron chi connectivity index (χ3n) is 6.31. The molecule has 1 aromatic heterocycles. The molecular formula is C26H33Cl2N3O4S2. The van der Waals surface area contributed by atoms with Crippen LogP contribution in [0.1, 0.15) is 30.4 Å². The monoisotopic (exact) mass is 585 g/mol. The molecule has 1 aliphatic heterocycles. The zero-order valence-corrected chi connectivity index (χ0v) is 24.3. The number of benzene rings is 2. The number of carbonyl (C=O) groups is 1. The fraction of sp³-hybridized carbons (Fsp3) is 0.462. The minimum atomic E-state index is -3.44. The number of amides is 1. The number of halogens is 2. The lowest BCUT2D eigenvalue weighted by atomic mass is 10.2. The average Bonchev–Trinajstić information content (AvgIpc) is 3.26. The number of aromatic nitrogens is 1. The number of fused-ring (bicyclic) bond motifs is 1. The van der Waals surface area contributed by atoms with E-state index >= 15 is 0 Å². The summed E-state index contributed by atoms with van der Waals surface area (Å²) in [6.07, 6.45) is 1.19. The van der Waals surface area contributed by atoms with Crippen molar-refractivity contribution in [1.29, 1.82) is 0 Å². The molecule has 4 rings (SSSR count). The SMILES string of the molecule is Cc1ccc(S(=O)(=O)CCCC(=O)N(CCCN2CCOCC2)c2nc3c(C)cc(Cl)cc3s2)cc1.Cl. The lowest BCUT2D eigenvalue weighted by Crippen LogP contribution is -2.39. The van der Waals surface area contributed by atoms with E-state index in [9.17, 15) is 13.2 Å². The van der Waals surface area contributed by atoms with E-state index in [1.807, 2.05) is 26.0 Å². The van der Waals surface area contributed by atoms with Gasteiger partial charge in [0, 0.05) is 37.6 Å². The molecule has 1 saturated heterocycles. The summed E-state index contributed by atoms with van der Waals surface area (Å²) in [5.74, 6) is -0.184. The predicted molar refractivity (Wildman–Crippen MR) is 153 cm³/mol. The van der Waals surface area contributed by atoms with E-state index in [1.165, 1.54) is 11.3 Å². The van der Waals surface area contributed by atoms with Gasteiger partial charge in [-0.05, 0) is 56.5 Å². The first-order valence-corrected chi connectivity index (χ1v) is 15.0. The van der Waals surface area contributed by atoms with Crippen LogP contribution in [-0.2, 0) is 19.4 Å². The lowest BCUT2D eigenvalue weighted by molar-refractivity contribution is -0.118. The summed E-state index contributed by atoms with van der Waals surface area (Å²) in [5.41, 5.74) is 2.81. The Morgan fingerprint density at radius 3 is 2.54 bits per heavy atom. The van der Waals surface area contributed by atoms with Crippen molar-refractivity contribution in [2.45, 2.75) is 38.0 Å². The number of carbonyl (C=O) groups excluding carboxylic acids is 1. The zero-order chi connectivity index (χ0) is 25.7. The van der Waals surface area contributed by atoms with Crippen LogP contribution in [0.15, 0.2) is 41.3 Å². The second-order valence-corrected chi connectivity index (χ2v) is 12.7. The van der Waals surface area contributed by atoms with Crippen LogP contribution in [0.4, 0.5) is 5.13 Å². The Morgan fingerprint density at radius 1 is 1.14 bits per heavy atom. The number of rotatable bonds is 10. The highest BCUT2D eigenvalue weighted by molar-refractivity contribution is 7.91. The van der Waals surface area contributed by atoms with Crippen molar-refractivity contribution in [3.8, 4) is 0 Å². The van der Waals surface area contributed by atoms with Gasteiger partial charge in [-0.25, -0.2) is 13.4 Å².